The Labute approximate surface area is 165 Å². The molecule has 2 aromatic heterocycles. The molecule has 0 unspecified atom stereocenters. The van der Waals surface area contributed by atoms with Crippen LogP contribution in [0.2, 0.25) is 0 Å². The molecule has 148 valence electrons. The number of rotatable bonds is 7. The Kier molecular flexibility index (Phi) is 5.77. The van der Waals surface area contributed by atoms with Crippen molar-refractivity contribution in [2.45, 2.75) is 18.4 Å². The van der Waals surface area contributed by atoms with Crippen LogP contribution in [0.1, 0.15) is 6.92 Å². The van der Waals surface area contributed by atoms with Crippen LogP contribution in [0.5, 0.6) is 0 Å². The summed E-state index contributed by atoms with van der Waals surface area (Å²) < 4.78 is 29.9. The van der Waals surface area contributed by atoms with Gasteiger partial charge in [-0.3, -0.25) is 9.36 Å². The summed E-state index contributed by atoms with van der Waals surface area (Å²) in [6.07, 6.45) is 0. The number of nitrogens with zero attached hydrogens (tertiary/aromatic N) is 3. The maximum Gasteiger partial charge on any atom is 0.345 e. The van der Waals surface area contributed by atoms with Gasteiger partial charge in [-0.05, 0) is 35.7 Å². The van der Waals surface area contributed by atoms with Crippen LogP contribution in [-0.4, -0.2) is 35.2 Å². The molecule has 28 heavy (non-hydrogen) atoms. The Hall–Kier alpha value is -2.76. The summed E-state index contributed by atoms with van der Waals surface area (Å²) >= 11 is 1.47. The molecule has 9 nitrogen and oxygen atoms in total. The van der Waals surface area contributed by atoms with Crippen LogP contribution in [0, 0.1) is 0 Å². The largest absolute Gasteiger partial charge is 0.345 e. The molecule has 0 aliphatic rings. The summed E-state index contributed by atoms with van der Waals surface area (Å²) in [6.45, 7) is 1.48. The van der Waals surface area contributed by atoms with Gasteiger partial charge in [0, 0.05) is 26.2 Å². The van der Waals surface area contributed by atoms with E-state index in [9.17, 15) is 18.0 Å². The van der Waals surface area contributed by atoms with Gasteiger partial charge in [0.15, 0.2) is 5.82 Å². The predicted octanol–water partition coefficient (Wildman–Crippen LogP) is 1.25. The van der Waals surface area contributed by atoms with E-state index in [4.69, 9.17) is 0 Å². The van der Waals surface area contributed by atoms with E-state index in [-0.39, 0.29) is 29.6 Å². The van der Waals surface area contributed by atoms with Gasteiger partial charge in [0.25, 0.3) is 0 Å². The molecule has 2 N–H and O–H groups in total. The third-order valence-electron chi connectivity index (χ3n) is 3.88. The van der Waals surface area contributed by atoms with Crippen LogP contribution in [-0.2, 0) is 28.4 Å². The van der Waals surface area contributed by atoms with Gasteiger partial charge in [0.05, 0.1) is 16.3 Å². The third kappa shape index (κ3) is 4.38. The van der Waals surface area contributed by atoms with Crippen molar-refractivity contribution in [3.05, 3.63) is 52.3 Å². The standard InChI is InChI=1S/C17H19N5O4S2/c1-12(23)19-13-5-7-14(8-6-13)28(25,26)18-9-10-22-17(24)21(2)16(20-22)15-4-3-11-27-15/h3-8,11,18H,9-10H2,1-2H3,(H,19,23). The summed E-state index contributed by atoms with van der Waals surface area (Å²) in [5, 5.41) is 8.75. The highest BCUT2D eigenvalue weighted by molar-refractivity contribution is 7.89. The number of hydrogen-bond acceptors (Lipinski definition) is 6. The van der Waals surface area contributed by atoms with E-state index in [1.807, 2.05) is 17.5 Å². The number of benzene rings is 1. The molecule has 3 rings (SSSR count). The molecule has 0 saturated carbocycles. The molecule has 1 amide bonds. The minimum atomic E-state index is -3.75. The second kappa shape index (κ2) is 8.09. The van der Waals surface area contributed by atoms with E-state index in [0.717, 1.165) is 4.88 Å². The molecule has 0 aliphatic carbocycles. The van der Waals surface area contributed by atoms with Crippen LogP contribution >= 0.6 is 11.3 Å². The normalized spacial score (nSPS) is 11.5. The van der Waals surface area contributed by atoms with Crippen molar-refractivity contribution in [1.29, 1.82) is 0 Å². The van der Waals surface area contributed by atoms with Gasteiger partial charge in [-0.25, -0.2) is 22.6 Å². The third-order valence-corrected chi connectivity index (χ3v) is 6.23. The minimum absolute atomic E-state index is 0.0105. The van der Waals surface area contributed by atoms with Crippen molar-refractivity contribution in [3.63, 3.8) is 0 Å². The zero-order valence-electron chi connectivity index (χ0n) is 15.2. The number of carbonyl (C=O) groups excluding carboxylic acids is 1. The molecular weight excluding hydrogens is 402 g/mol. The average molecular weight is 422 g/mol. The van der Waals surface area contributed by atoms with Gasteiger partial charge in [-0.1, -0.05) is 6.07 Å². The number of anilines is 1. The first-order valence-corrected chi connectivity index (χ1v) is 10.7. The summed E-state index contributed by atoms with van der Waals surface area (Å²) in [5.41, 5.74) is 0.190. The minimum Gasteiger partial charge on any atom is -0.326 e. The topological polar surface area (TPSA) is 115 Å². The molecule has 3 aromatic rings. The molecule has 11 heteroatoms. The van der Waals surface area contributed by atoms with Crippen molar-refractivity contribution in [3.8, 4) is 10.7 Å². The Morgan fingerprint density at radius 2 is 1.93 bits per heavy atom. The quantitative estimate of drug-likeness (QED) is 0.596. The van der Waals surface area contributed by atoms with Crippen molar-refractivity contribution in [2.75, 3.05) is 11.9 Å². The summed E-state index contributed by atoms with van der Waals surface area (Å²) in [4.78, 5) is 24.2. The number of aromatic nitrogens is 3. The second-order valence-electron chi connectivity index (χ2n) is 5.97. The van der Waals surface area contributed by atoms with Gasteiger partial charge in [-0.15, -0.1) is 16.4 Å². The number of thiophene rings is 1. The van der Waals surface area contributed by atoms with E-state index in [1.165, 1.54) is 51.8 Å². The molecule has 0 radical (unpaired) electrons. The van der Waals surface area contributed by atoms with E-state index < -0.39 is 10.0 Å². The Bertz CT molecular complexity index is 1130. The van der Waals surface area contributed by atoms with Crippen LogP contribution in [0.4, 0.5) is 5.69 Å². The number of nitrogens with one attached hydrogen (secondary N) is 2. The molecule has 0 saturated heterocycles. The van der Waals surface area contributed by atoms with Gasteiger partial charge in [0.2, 0.25) is 15.9 Å². The molecule has 0 atom stereocenters. The number of amides is 1. The first-order chi connectivity index (χ1) is 13.3. The van der Waals surface area contributed by atoms with Crippen molar-refractivity contribution >= 4 is 33.0 Å². The highest BCUT2D eigenvalue weighted by Gasteiger charge is 2.16. The summed E-state index contributed by atoms with van der Waals surface area (Å²) in [6, 6.07) is 9.54. The van der Waals surface area contributed by atoms with E-state index >= 15 is 0 Å². The predicted molar refractivity (Wildman–Crippen MR) is 107 cm³/mol. The number of carbonyl (C=O) groups is 1. The molecule has 0 spiro atoms. The molecule has 0 fully saturated rings. The van der Waals surface area contributed by atoms with Gasteiger partial charge in [0.1, 0.15) is 0 Å². The van der Waals surface area contributed by atoms with Gasteiger partial charge < -0.3 is 5.32 Å². The average Bonchev–Trinajstić information content (AvgIpc) is 3.26. The van der Waals surface area contributed by atoms with Gasteiger partial charge >= 0.3 is 5.69 Å². The zero-order valence-corrected chi connectivity index (χ0v) is 16.9. The molecular formula is C17H19N5O4S2. The van der Waals surface area contributed by atoms with Crippen molar-refractivity contribution < 1.29 is 13.2 Å². The lowest BCUT2D eigenvalue weighted by molar-refractivity contribution is -0.114. The SMILES string of the molecule is CC(=O)Nc1ccc(S(=O)(=O)NCCn2nc(-c3cccs3)n(C)c2=O)cc1. The molecule has 0 bridgehead atoms. The molecule has 2 heterocycles. The lowest BCUT2D eigenvalue weighted by Crippen LogP contribution is -2.31. The fraction of sp³-hybridized carbons (Fsp3) is 0.235. The fourth-order valence-corrected chi connectivity index (χ4v) is 4.31. The van der Waals surface area contributed by atoms with E-state index in [2.05, 4.69) is 15.1 Å². The first-order valence-electron chi connectivity index (χ1n) is 8.33. The molecule has 1 aromatic carbocycles. The van der Waals surface area contributed by atoms with Crippen molar-refractivity contribution in [1.82, 2.24) is 19.1 Å². The van der Waals surface area contributed by atoms with Crippen LogP contribution in [0.25, 0.3) is 10.7 Å². The Morgan fingerprint density at radius 3 is 2.54 bits per heavy atom. The Morgan fingerprint density at radius 1 is 1.21 bits per heavy atom. The van der Waals surface area contributed by atoms with Crippen LogP contribution in [0.15, 0.2) is 51.5 Å². The smallest absolute Gasteiger partial charge is 0.326 e. The summed E-state index contributed by atoms with van der Waals surface area (Å²) in [5.74, 6) is 0.299. The summed E-state index contributed by atoms with van der Waals surface area (Å²) in [7, 11) is -2.12. The number of sulfonamides is 1. The maximum atomic E-state index is 12.4. The monoisotopic (exact) mass is 421 g/mol. The second-order valence-corrected chi connectivity index (χ2v) is 8.68. The maximum absolute atomic E-state index is 12.4. The van der Waals surface area contributed by atoms with E-state index in [1.54, 1.807) is 7.05 Å². The molecule has 0 aliphatic heterocycles. The van der Waals surface area contributed by atoms with Crippen molar-refractivity contribution in [2.24, 2.45) is 7.05 Å². The number of hydrogen-bond donors (Lipinski definition) is 2. The highest BCUT2D eigenvalue weighted by Crippen LogP contribution is 2.20. The fourth-order valence-electron chi connectivity index (χ4n) is 2.54. The Balaban J connectivity index is 1.67. The van der Waals surface area contributed by atoms with Crippen LogP contribution in [0.3, 0.4) is 0 Å². The zero-order chi connectivity index (χ0) is 20.3. The lowest BCUT2D eigenvalue weighted by atomic mass is 10.3. The highest BCUT2D eigenvalue weighted by atomic mass is 32.2. The first kappa shape index (κ1) is 20.0. The van der Waals surface area contributed by atoms with Gasteiger partial charge in [-0.2, -0.15) is 0 Å². The lowest BCUT2D eigenvalue weighted by Gasteiger charge is -2.08. The van der Waals surface area contributed by atoms with Crippen LogP contribution < -0.4 is 15.7 Å². The van der Waals surface area contributed by atoms with E-state index in [0.29, 0.717) is 11.5 Å².